The van der Waals surface area contributed by atoms with Crippen LogP contribution in [0, 0.1) is 0 Å². The van der Waals surface area contributed by atoms with Crippen molar-refractivity contribution in [3.05, 3.63) is 11.9 Å². The van der Waals surface area contributed by atoms with Crippen LogP contribution < -0.4 is 16.4 Å². The molecule has 0 saturated carbocycles. The lowest BCUT2D eigenvalue weighted by Gasteiger charge is -2.06. The van der Waals surface area contributed by atoms with Gasteiger partial charge in [0.05, 0.1) is 11.4 Å². The van der Waals surface area contributed by atoms with Gasteiger partial charge in [-0.25, -0.2) is 4.79 Å². The Morgan fingerprint density at radius 1 is 1.54 bits per heavy atom. The third-order valence-corrected chi connectivity index (χ3v) is 1.33. The second kappa shape index (κ2) is 5.76. The molecule has 13 heavy (non-hydrogen) atoms. The monoisotopic (exact) mass is 184 g/mol. The van der Waals surface area contributed by atoms with Crippen LogP contribution in [-0.2, 0) is 4.79 Å². The van der Waals surface area contributed by atoms with Gasteiger partial charge in [-0.15, -0.1) is 0 Å². The number of amides is 3. The minimum atomic E-state index is -0.644. The summed E-state index contributed by atoms with van der Waals surface area (Å²) >= 11 is 0. The number of nitrogens with zero attached hydrogens (tertiary/aromatic N) is 1. The van der Waals surface area contributed by atoms with E-state index in [1.807, 2.05) is 5.32 Å². The molecule has 0 aromatic rings. The second-order valence-electron chi connectivity index (χ2n) is 2.11. The van der Waals surface area contributed by atoms with Gasteiger partial charge in [-0.2, -0.15) is 0 Å². The largest absolute Gasteiger partial charge is 0.403 e. The highest BCUT2D eigenvalue weighted by molar-refractivity contribution is 6.01. The first-order valence-electron chi connectivity index (χ1n) is 3.52. The maximum Gasteiger partial charge on any atom is 0.325 e. The van der Waals surface area contributed by atoms with Crippen LogP contribution in [0.2, 0.25) is 0 Å². The average Bonchev–Trinajstić information content (AvgIpc) is 2.13. The van der Waals surface area contributed by atoms with E-state index < -0.39 is 6.03 Å². The quantitative estimate of drug-likeness (QED) is 0.401. The van der Waals surface area contributed by atoms with E-state index in [1.165, 1.54) is 6.20 Å². The van der Waals surface area contributed by atoms with Crippen molar-refractivity contribution < 1.29 is 9.59 Å². The van der Waals surface area contributed by atoms with Crippen molar-refractivity contribution in [2.24, 2.45) is 10.7 Å². The maximum atomic E-state index is 10.8. The van der Waals surface area contributed by atoms with Crippen LogP contribution in [0.1, 0.15) is 6.92 Å². The Bertz CT molecular complexity index is 257. The summed E-state index contributed by atoms with van der Waals surface area (Å²) in [6, 6.07) is -0.644. The number of hydrogen-bond donors (Lipinski definition) is 3. The number of allylic oxidation sites excluding steroid dienone is 1. The zero-order chi connectivity index (χ0) is 10.3. The van der Waals surface area contributed by atoms with E-state index in [0.717, 1.165) is 0 Å². The van der Waals surface area contributed by atoms with Crippen LogP contribution in [0.25, 0.3) is 0 Å². The molecule has 0 saturated heterocycles. The molecule has 0 atom stereocenters. The summed E-state index contributed by atoms with van der Waals surface area (Å²) in [7, 11) is 1.57. The molecule has 0 spiro atoms. The minimum Gasteiger partial charge on any atom is -0.403 e. The predicted octanol–water partition coefficient (Wildman–Crippen LogP) is -0.667. The highest BCUT2D eigenvalue weighted by atomic mass is 16.2. The van der Waals surface area contributed by atoms with Gasteiger partial charge >= 0.3 is 6.03 Å². The molecule has 0 aliphatic rings. The number of imide groups is 1. The zero-order valence-electron chi connectivity index (χ0n) is 7.50. The molecule has 0 rings (SSSR count). The molecule has 0 fully saturated rings. The SMILES string of the molecule is CN=C(C)/C(=C\N)NC(=O)NC=O. The predicted molar refractivity (Wildman–Crippen MR) is 49.0 cm³/mol. The Morgan fingerprint density at radius 3 is 2.54 bits per heavy atom. The molecule has 0 aromatic carbocycles. The molecule has 0 aromatic heterocycles. The van der Waals surface area contributed by atoms with Gasteiger partial charge in [0, 0.05) is 13.2 Å². The van der Waals surface area contributed by atoms with Gasteiger partial charge in [0.25, 0.3) is 0 Å². The average molecular weight is 184 g/mol. The Hall–Kier alpha value is -1.85. The van der Waals surface area contributed by atoms with Crippen molar-refractivity contribution in [1.82, 2.24) is 10.6 Å². The normalized spacial score (nSPS) is 12.2. The molecule has 6 nitrogen and oxygen atoms in total. The van der Waals surface area contributed by atoms with Crippen LogP contribution in [0.4, 0.5) is 4.79 Å². The number of carbonyl (C=O) groups is 2. The summed E-state index contributed by atoms with van der Waals surface area (Å²) in [6.07, 6.45) is 1.48. The first-order valence-corrected chi connectivity index (χ1v) is 3.52. The fraction of sp³-hybridized carbons (Fsp3) is 0.286. The van der Waals surface area contributed by atoms with Crippen LogP contribution in [-0.4, -0.2) is 25.2 Å². The minimum absolute atomic E-state index is 0.280. The zero-order valence-corrected chi connectivity index (χ0v) is 7.50. The summed E-state index contributed by atoms with van der Waals surface area (Å²) < 4.78 is 0. The molecule has 0 aliphatic carbocycles. The van der Waals surface area contributed by atoms with E-state index in [9.17, 15) is 9.59 Å². The molecule has 6 heteroatoms. The summed E-state index contributed by atoms with van der Waals surface area (Å²) in [5.74, 6) is 0. The highest BCUT2D eigenvalue weighted by Crippen LogP contribution is 1.90. The van der Waals surface area contributed by atoms with Crippen LogP contribution in [0.3, 0.4) is 0 Å². The van der Waals surface area contributed by atoms with Gasteiger partial charge in [-0.1, -0.05) is 0 Å². The standard InChI is InChI=1S/C7H12N4O2/c1-5(9-2)6(3-8)11-7(13)10-4-12/h3-4H,8H2,1-2H3,(H2,10,11,12,13)/b6-3+,9-5?. The van der Waals surface area contributed by atoms with Gasteiger partial charge in [0.15, 0.2) is 0 Å². The van der Waals surface area contributed by atoms with E-state index >= 15 is 0 Å². The number of carbonyl (C=O) groups excluding carboxylic acids is 2. The molecular weight excluding hydrogens is 172 g/mol. The van der Waals surface area contributed by atoms with Crippen molar-refractivity contribution in [3.63, 3.8) is 0 Å². The fourth-order valence-electron chi connectivity index (χ4n) is 0.585. The molecule has 0 radical (unpaired) electrons. The van der Waals surface area contributed by atoms with Crippen LogP contribution in [0.15, 0.2) is 16.9 Å². The van der Waals surface area contributed by atoms with E-state index in [4.69, 9.17) is 5.73 Å². The van der Waals surface area contributed by atoms with Crippen molar-refractivity contribution in [2.45, 2.75) is 6.92 Å². The van der Waals surface area contributed by atoms with Gasteiger partial charge in [-0.3, -0.25) is 15.1 Å². The Kier molecular flexibility index (Phi) is 4.94. The summed E-state index contributed by atoms with van der Waals surface area (Å²) in [6.45, 7) is 1.68. The van der Waals surface area contributed by atoms with Crippen molar-refractivity contribution in [1.29, 1.82) is 0 Å². The van der Waals surface area contributed by atoms with Gasteiger partial charge in [-0.05, 0) is 6.92 Å². The third kappa shape index (κ3) is 3.90. The first-order chi connectivity index (χ1) is 6.15. The molecule has 0 unspecified atom stereocenters. The number of hydrogen-bond acceptors (Lipinski definition) is 4. The molecule has 0 bridgehead atoms. The molecule has 0 heterocycles. The number of aliphatic imine (C=N–C) groups is 1. The summed E-state index contributed by atoms with van der Waals surface area (Å²) in [5.41, 5.74) is 6.16. The Balaban J connectivity index is 4.32. The summed E-state index contributed by atoms with van der Waals surface area (Å²) in [5, 5.41) is 4.25. The lowest BCUT2D eigenvalue weighted by molar-refractivity contribution is -0.108. The Morgan fingerprint density at radius 2 is 2.15 bits per heavy atom. The molecule has 3 amide bonds. The fourth-order valence-corrected chi connectivity index (χ4v) is 0.585. The van der Waals surface area contributed by atoms with Gasteiger partial charge in [0.2, 0.25) is 6.41 Å². The maximum absolute atomic E-state index is 10.8. The Labute approximate surface area is 75.9 Å². The van der Waals surface area contributed by atoms with E-state index in [0.29, 0.717) is 11.4 Å². The number of rotatable bonds is 3. The van der Waals surface area contributed by atoms with Crippen LogP contribution in [0.5, 0.6) is 0 Å². The summed E-state index contributed by atoms with van der Waals surface area (Å²) in [4.78, 5) is 24.5. The number of nitrogens with two attached hydrogens (primary N) is 1. The number of urea groups is 1. The van der Waals surface area contributed by atoms with E-state index in [2.05, 4.69) is 10.3 Å². The molecule has 72 valence electrons. The lowest BCUT2D eigenvalue weighted by Crippen LogP contribution is -2.36. The molecular formula is C7H12N4O2. The van der Waals surface area contributed by atoms with Crippen molar-refractivity contribution in [2.75, 3.05) is 7.05 Å². The van der Waals surface area contributed by atoms with Crippen molar-refractivity contribution >= 4 is 18.2 Å². The topological polar surface area (TPSA) is 96.6 Å². The lowest BCUT2D eigenvalue weighted by atomic mass is 10.3. The first kappa shape index (κ1) is 11.2. The van der Waals surface area contributed by atoms with E-state index in [-0.39, 0.29) is 6.41 Å². The second-order valence-corrected chi connectivity index (χ2v) is 2.11. The molecule has 4 N–H and O–H groups in total. The number of nitrogens with one attached hydrogen (secondary N) is 2. The third-order valence-electron chi connectivity index (χ3n) is 1.33. The van der Waals surface area contributed by atoms with Crippen molar-refractivity contribution in [3.8, 4) is 0 Å². The smallest absolute Gasteiger partial charge is 0.325 e. The highest BCUT2D eigenvalue weighted by Gasteiger charge is 2.04. The molecule has 0 aliphatic heterocycles. The van der Waals surface area contributed by atoms with Crippen LogP contribution >= 0.6 is 0 Å². The van der Waals surface area contributed by atoms with E-state index in [1.54, 1.807) is 14.0 Å². The van der Waals surface area contributed by atoms with Gasteiger partial charge < -0.3 is 11.1 Å². The van der Waals surface area contributed by atoms with Gasteiger partial charge in [0.1, 0.15) is 0 Å².